The third-order valence-corrected chi connectivity index (χ3v) is 9.84. The predicted molar refractivity (Wildman–Crippen MR) is 189 cm³/mol. The van der Waals surface area contributed by atoms with Crippen LogP contribution >= 0.6 is 23.9 Å². The third kappa shape index (κ3) is 11.4. The normalized spacial score (nSPS) is 16.8. The van der Waals surface area contributed by atoms with Gasteiger partial charge in [-0.15, -0.1) is 0 Å². The van der Waals surface area contributed by atoms with Crippen molar-refractivity contribution in [2.45, 2.75) is 58.1 Å². The molecule has 0 saturated carbocycles. The number of benzene rings is 2. The summed E-state index contributed by atoms with van der Waals surface area (Å²) in [6.45, 7) is 18.8. The number of hydrogen-bond donors (Lipinski definition) is 2. The zero-order valence-corrected chi connectivity index (χ0v) is 29.7. The van der Waals surface area contributed by atoms with Crippen LogP contribution in [0.25, 0.3) is 0 Å². The van der Waals surface area contributed by atoms with Crippen molar-refractivity contribution in [3.8, 4) is 0 Å². The largest absolute Gasteiger partial charge is 0.444 e. The van der Waals surface area contributed by atoms with Crippen molar-refractivity contribution in [2.24, 2.45) is 11.8 Å². The maximum Gasteiger partial charge on any atom is 0.407 e. The van der Waals surface area contributed by atoms with E-state index in [1.807, 2.05) is 62.6 Å². The first-order valence-electron chi connectivity index (χ1n) is 16.0. The Morgan fingerprint density at radius 1 is 1.02 bits per heavy atom. The molecule has 2 amide bonds. The average molecular weight is 657 g/mol. The minimum atomic E-state index is -0.498. The van der Waals surface area contributed by atoms with Crippen LogP contribution in [0.1, 0.15) is 57.0 Å². The van der Waals surface area contributed by atoms with Gasteiger partial charge in [-0.3, -0.25) is 9.69 Å². The van der Waals surface area contributed by atoms with Gasteiger partial charge in [0.05, 0.1) is 11.3 Å². The molecule has 248 valence electrons. The van der Waals surface area contributed by atoms with Gasteiger partial charge in [0.25, 0.3) is 5.91 Å². The van der Waals surface area contributed by atoms with Gasteiger partial charge in [0, 0.05) is 82.2 Å². The molecule has 2 N–H and O–H groups in total. The zero-order chi connectivity index (χ0) is 32.6. The first kappa shape index (κ1) is 35.4. The molecule has 2 saturated heterocycles. The van der Waals surface area contributed by atoms with Gasteiger partial charge >= 0.3 is 6.09 Å². The van der Waals surface area contributed by atoms with Crippen molar-refractivity contribution in [1.29, 1.82) is 0 Å². The Balaban J connectivity index is 1.29. The van der Waals surface area contributed by atoms with Crippen molar-refractivity contribution < 1.29 is 14.3 Å². The maximum atomic E-state index is 13.6. The van der Waals surface area contributed by atoms with Crippen LogP contribution in [0.4, 0.5) is 16.2 Å². The van der Waals surface area contributed by atoms with Crippen LogP contribution in [0.2, 0.25) is 0 Å². The third-order valence-electron chi connectivity index (χ3n) is 7.99. The molecule has 0 spiro atoms. The minimum absolute atomic E-state index is 0.117. The number of carbonyl (C=O) groups excluding carboxylic acids is 2. The van der Waals surface area contributed by atoms with E-state index in [4.69, 9.17) is 4.74 Å². The Morgan fingerprint density at radius 2 is 1.71 bits per heavy atom. The molecule has 2 fully saturated rings. The summed E-state index contributed by atoms with van der Waals surface area (Å²) < 4.78 is 9.79. The number of amides is 2. The monoisotopic (exact) mass is 656 g/mol. The summed E-state index contributed by atoms with van der Waals surface area (Å²) in [5.74, 6) is 1.02. The molecule has 2 aromatic rings. The summed E-state index contributed by atoms with van der Waals surface area (Å²) in [5.41, 5.74) is 2.91. The molecule has 9 nitrogen and oxygen atoms in total. The summed E-state index contributed by atoms with van der Waals surface area (Å²) in [4.78, 5) is 31.6. The van der Waals surface area contributed by atoms with Crippen LogP contribution in [0.15, 0.2) is 47.4 Å². The molecule has 0 radical (unpaired) electrons. The molecule has 11 heteroatoms. The molecule has 2 aliphatic heterocycles. The summed E-state index contributed by atoms with van der Waals surface area (Å²) in [6, 6.07) is 14.3. The molecule has 4 rings (SSSR count). The van der Waals surface area contributed by atoms with E-state index >= 15 is 0 Å². The Bertz CT molecular complexity index is 1260. The average Bonchev–Trinajstić information content (AvgIpc) is 2.97. The Labute approximate surface area is 279 Å². The Kier molecular flexibility index (Phi) is 12.9. The van der Waals surface area contributed by atoms with Crippen molar-refractivity contribution in [3.05, 3.63) is 53.6 Å². The molecule has 45 heavy (non-hydrogen) atoms. The number of anilines is 2. The summed E-state index contributed by atoms with van der Waals surface area (Å²) in [5, 5.41) is 6.00. The van der Waals surface area contributed by atoms with E-state index in [0.717, 1.165) is 68.7 Å². The smallest absolute Gasteiger partial charge is 0.407 e. The van der Waals surface area contributed by atoms with E-state index in [9.17, 15) is 9.59 Å². The van der Waals surface area contributed by atoms with E-state index in [-0.39, 0.29) is 12.0 Å². The van der Waals surface area contributed by atoms with Crippen LogP contribution in [0, 0.1) is 11.8 Å². The van der Waals surface area contributed by atoms with Gasteiger partial charge < -0.3 is 24.6 Å². The number of alkyl carbamates (subject to hydrolysis) is 1. The highest BCUT2D eigenvalue weighted by molar-refractivity contribution is 7.99. The maximum absolute atomic E-state index is 13.6. The van der Waals surface area contributed by atoms with Crippen molar-refractivity contribution in [1.82, 2.24) is 19.4 Å². The van der Waals surface area contributed by atoms with Crippen molar-refractivity contribution in [3.63, 3.8) is 0 Å². The molecule has 2 aliphatic rings. The van der Waals surface area contributed by atoms with Crippen LogP contribution in [-0.2, 0) is 11.3 Å². The number of rotatable bonds is 13. The molecule has 2 aromatic carbocycles. The van der Waals surface area contributed by atoms with E-state index in [1.165, 1.54) is 17.9 Å². The van der Waals surface area contributed by atoms with Crippen LogP contribution in [-0.4, -0.2) is 97.4 Å². The van der Waals surface area contributed by atoms with Crippen LogP contribution in [0.3, 0.4) is 0 Å². The standard InChI is InChI=1S/C34H52N6O3S2/c1-25(2)14-15-38-16-18-40(19-17-38)45-29-11-9-28(10-12-29)36-32(41)30-20-26(8-13-31(30)37(6)44-7)22-39-23-27(24-39)21-35-33(42)43-34(3,4)5/h8-13,20,25,27H,14-19,21-24H2,1-7H3,(H,35,42)(H,36,41). The number of nitrogens with one attached hydrogen (secondary N) is 2. The quantitative estimate of drug-likeness (QED) is 0.242. The summed E-state index contributed by atoms with van der Waals surface area (Å²) >= 11 is 3.37. The van der Waals surface area contributed by atoms with Gasteiger partial charge in [0.2, 0.25) is 0 Å². The molecule has 2 heterocycles. The van der Waals surface area contributed by atoms with Gasteiger partial charge in [0.15, 0.2) is 0 Å². The Morgan fingerprint density at radius 3 is 2.33 bits per heavy atom. The second kappa shape index (κ2) is 16.4. The van der Waals surface area contributed by atoms with Gasteiger partial charge in [-0.25, -0.2) is 9.10 Å². The highest BCUT2D eigenvalue weighted by Crippen LogP contribution is 2.29. The molecular weight excluding hydrogens is 605 g/mol. The number of ether oxygens (including phenoxy) is 1. The first-order chi connectivity index (χ1) is 21.4. The number of nitrogens with zero attached hydrogens (tertiary/aromatic N) is 4. The van der Waals surface area contributed by atoms with Gasteiger partial charge in [-0.2, -0.15) is 0 Å². The second-order valence-corrected chi connectivity index (χ2v) is 15.6. The molecule has 0 atom stereocenters. The topological polar surface area (TPSA) is 80.4 Å². The lowest BCUT2D eigenvalue weighted by molar-refractivity contribution is 0.0456. The Hall–Kier alpha value is -2.44. The highest BCUT2D eigenvalue weighted by Gasteiger charge is 2.28. The second-order valence-electron chi connectivity index (χ2n) is 13.5. The molecule has 0 aliphatic carbocycles. The lowest BCUT2D eigenvalue weighted by Gasteiger charge is -2.39. The fourth-order valence-electron chi connectivity index (χ4n) is 5.40. The van der Waals surface area contributed by atoms with Crippen molar-refractivity contribution >= 4 is 47.3 Å². The molecule has 0 unspecified atom stereocenters. The number of piperazine rings is 1. The predicted octanol–water partition coefficient (Wildman–Crippen LogP) is 6.28. The van der Waals surface area contributed by atoms with Crippen LogP contribution in [0.5, 0.6) is 0 Å². The minimum Gasteiger partial charge on any atom is -0.444 e. The zero-order valence-electron chi connectivity index (χ0n) is 28.1. The molecule has 0 bridgehead atoms. The molecular formula is C34H52N6O3S2. The van der Waals surface area contributed by atoms with E-state index in [0.29, 0.717) is 18.0 Å². The van der Waals surface area contributed by atoms with Gasteiger partial charge in [0.1, 0.15) is 5.60 Å². The van der Waals surface area contributed by atoms with Crippen molar-refractivity contribution in [2.75, 3.05) is 75.3 Å². The van der Waals surface area contributed by atoms with E-state index in [1.54, 1.807) is 23.9 Å². The van der Waals surface area contributed by atoms with Crippen LogP contribution < -0.4 is 14.9 Å². The van der Waals surface area contributed by atoms with Gasteiger partial charge in [-0.05, 0) is 93.6 Å². The summed E-state index contributed by atoms with van der Waals surface area (Å²) in [7, 11) is 1.98. The fraction of sp³-hybridized carbons (Fsp3) is 0.588. The van der Waals surface area contributed by atoms with E-state index in [2.05, 4.69) is 56.8 Å². The SMILES string of the molecule is CSN(C)c1ccc(CN2CC(CNC(=O)OC(C)(C)C)C2)cc1C(=O)Nc1ccc(SN2CCN(CCC(C)C)CC2)cc1. The number of carbonyl (C=O) groups is 2. The number of likely N-dealkylation sites (tertiary alicyclic amines) is 1. The van der Waals surface area contributed by atoms with E-state index < -0.39 is 5.60 Å². The lowest BCUT2D eigenvalue weighted by Crippen LogP contribution is -2.51. The first-order valence-corrected chi connectivity index (χ1v) is 18.0. The number of hydrogen-bond acceptors (Lipinski definition) is 9. The van der Waals surface area contributed by atoms with Gasteiger partial charge in [-0.1, -0.05) is 31.9 Å². The lowest BCUT2D eigenvalue weighted by atomic mass is 9.98. The fourth-order valence-corrected chi connectivity index (χ4v) is 6.66. The molecule has 0 aromatic heterocycles. The summed E-state index contributed by atoms with van der Waals surface area (Å²) in [6.07, 6.45) is 2.89. The highest BCUT2D eigenvalue weighted by atomic mass is 32.2.